The Bertz CT molecular complexity index is 3970. The Morgan fingerprint density at radius 1 is 0.328 bits per heavy atom. The minimum Gasteiger partial charge on any atom is -0.310 e. The van der Waals surface area contributed by atoms with Gasteiger partial charge in [-0.05, 0) is 110 Å². The number of nitrogens with zero attached hydrogens (tertiary/aromatic N) is 2. The Morgan fingerprint density at radius 2 is 0.896 bits per heavy atom. The fourth-order valence-corrected chi connectivity index (χ4v) is 11.7. The van der Waals surface area contributed by atoms with Gasteiger partial charge < -0.3 is 9.47 Å². The van der Waals surface area contributed by atoms with E-state index in [-0.39, 0.29) is 0 Å². The quantitative estimate of drug-likeness (QED) is 0.148. The molecule has 0 saturated carbocycles. The van der Waals surface area contributed by atoms with Crippen molar-refractivity contribution in [1.29, 1.82) is 0 Å². The molecule has 13 aromatic rings. The highest BCUT2D eigenvalue weighted by Crippen LogP contribution is 2.47. The number of rotatable bonds is 8. The van der Waals surface area contributed by atoms with Gasteiger partial charge in [-0.3, -0.25) is 0 Å². The van der Waals surface area contributed by atoms with Gasteiger partial charge in [-0.25, -0.2) is 0 Å². The van der Waals surface area contributed by atoms with Crippen LogP contribution in [0.1, 0.15) is 0 Å². The molecule has 0 aliphatic heterocycles. The molecule has 0 saturated heterocycles. The lowest BCUT2D eigenvalue weighted by Gasteiger charge is -2.29. The number of aromatic nitrogens is 1. The minimum absolute atomic E-state index is 1.08. The summed E-state index contributed by atoms with van der Waals surface area (Å²) in [5.41, 5.74) is 16.4. The summed E-state index contributed by atoms with van der Waals surface area (Å²) in [5, 5.41) is 7.56. The number of hydrogen-bond acceptors (Lipinski definition) is 2. The predicted octanol–water partition coefficient (Wildman–Crippen LogP) is 18.4. The molecule has 2 heterocycles. The van der Waals surface area contributed by atoms with E-state index in [1.165, 1.54) is 91.7 Å². The van der Waals surface area contributed by atoms with Crippen LogP contribution in [0, 0.1) is 0 Å². The van der Waals surface area contributed by atoms with Gasteiger partial charge in [0.1, 0.15) is 0 Å². The maximum absolute atomic E-state index is 2.46. The molecule has 0 spiro atoms. The maximum Gasteiger partial charge on any atom is 0.0547 e. The molecule has 0 aliphatic carbocycles. The first-order chi connectivity index (χ1) is 33.3. The molecule has 0 fully saturated rings. The summed E-state index contributed by atoms with van der Waals surface area (Å²) in [6.07, 6.45) is 0. The lowest BCUT2D eigenvalue weighted by molar-refractivity contribution is 1.18. The molecule has 0 radical (unpaired) electrons. The van der Waals surface area contributed by atoms with E-state index in [2.05, 4.69) is 264 Å². The molecule has 67 heavy (non-hydrogen) atoms. The summed E-state index contributed by atoms with van der Waals surface area (Å²) in [7, 11) is 0. The van der Waals surface area contributed by atoms with Gasteiger partial charge in [0.25, 0.3) is 0 Å². The van der Waals surface area contributed by atoms with Crippen LogP contribution >= 0.6 is 11.3 Å². The first-order valence-electron chi connectivity index (χ1n) is 22.9. The lowest BCUT2D eigenvalue weighted by Crippen LogP contribution is -2.11. The third-order valence-electron chi connectivity index (χ3n) is 13.4. The van der Waals surface area contributed by atoms with Gasteiger partial charge in [0.05, 0.1) is 16.7 Å². The summed E-state index contributed by atoms with van der Waals surface area (Å²) in [5.74, 6) is 0. The van der Waals surface area contributed by atoms with Gasteiger partial charge in [-0.1, -0.05) is 194 Å². The van der Waals surface area contributed by atoms with Crippen LogP contribution < -0.4 is 4.90 Å². The second-order valence-electron chi connectivity index (χ2n) is 17.2. The number of thiophene rings is 1. The van der Waals surface area contributed by atoms with Crippen LogP contribution in [-0.2, 0) is 0 Å². The molecule has 3 heteroatoms. The molecule has 0 amide bonds. The predicted molar refractivity (Wildman–Crippen MR) is 288 cm³/mol. The van der Waals surface area contributed by atoms with Crippen molar-refractivity contribution in [1.82, 2.24) is 4.57 Å². The van der Waals surface area contributed by atoms with Crippen molar-refractivity contribution >= 4 is 81.1 Å². The van der Waals surface area contributed by atoms with Crippen molar-refractivity contribution in [2.45, 2.75) is 0 Å². The molecule has 0 atom stereocenters. The molecule has 0 N–H and O–H groups in total. The fraction of sp³-hybridized carbons (Fsp3) is 0. The lowest BCUT2D eigenvalue weighted by atomic mass is 9.90. The van der Waals surface area contributed by atoms with Crippen LogP contribution in [0.2, 0.25) is 0 Å². The van der Waals surface area contributed by atoms with Crippen LogP contribution in [0.3, 0.4) is 0 Å². The van der Waals surface area contributed by atoms with E-state index in [0.717, 1.165) is 28.3 Å². The van der Waals surface area contributed by atoms with E-state index in [4.69, 9.17) is 0 Å². The number of benzene rings is 11. The highest BCUT2D eigenvalue weighted by molar-refractivity contribution is 7.26. The van der Waals surface area contributed by atoms with E-state index in [1.54, 1.807) is 0 Å². The zero-order chi connectivity index (χ0) is 44.3. The van der Waals surface area contributed by atoms with E-state index in [1.807, 2.05) is 11.3 Å². The third-order valence-corrected chi connectivity index (χ3v) is 14.6. The smallest absolute Gasteiger partial charge is 0.0547 e. The van der Waals surface area contributed by atoms with E-state index >= 15 is 0 Å². The van der Waals surface area contributed by atoms with E-state index < -0.39 is 0 Å². The second-order valence-corrected chi connectivity index (χ2v) is 18.2. The van der Waals surface area contributed by atoms with Crippen LogP contribution in [0.15, 0.2) is 255 Å². The largest absolute Gasteiger partial charge is 0.310 e. The molecular weight excluding hydrogens is 829 g/mol. The molecule has 11 aromatic carbocycles. The standard InChI is InChI=1S/C64H42N2S/c1-3-18-43(19-4-1)50-29-14-20-45-21-15-32-55(62(45)50)53-26-7-10-34-58(53)65(49-25-13-22-46(42-49)52-31-16-33-56-54-27-9-12-37-61(54)67-64(52)56)48-40-38-44(39-41-48)51-30-17-36-60-63(51)57-28-8-11-35-59(57)66(60)47-23-5-2-6-24-47/h1-42H. The normalized spacial score (nSPS) is 11.6. The van der Waals surface area contributed by atoms with Crippen LogP contribution in [0.4, 0.5) is 17.1 Å². The Morgan fingerprint density at radius 3 is 1.73 bits per heavy atom. The highest BCUT2D eigenvalue weighted by atomic mass is 32.1. The van der Waals surface area contributed by atoms with Gasteiger partial charge in [0.2, 0.25) is 0 Å². The Balaban J connectivity index is 1.01. The topological polar surface area (TPSA) is 8.17 Å². The van der Waals surface area contributed by atoms with Crippen molar-refractivity contribution in [3.05, 3.63) is 255 Å². The second kappa shape index (κ2) is 16.2. The zero-order valence-electron chi connectivity index (χ0n) is 36.6. The van der Waals surface area contributed by atoms with Crippen LogP contribution in [-0.4, -0.2) is 4.57 Å². The van der Waals surface area contributed by atoms with Gasteiger partial charge in [0.15, 0.2) is 0 Å². The summed E-state index contributed by atoms with van der Waals surface area (Å²) in [4.78, 5) is 2.46. The maximum atomic E-state index is 2.46. The van der Waals surface area contributed by atoms with Crippen LogP contribution in [0.25, 0.3) is 103 Å². The monoisotopic (exact) mass is 870 g/mol. The Labute approximate surface area is 393 Å². The SMILES string of the molecule is c1ccc(-c2cccc3cccc(-c4ccccc4N(c4ccc(-c5cccc6c5c5ccccc5n6-c5ccccc5)cc4)c4cccc(-c5cccc6c5sc5ccccc56)c4)c23)cc1. The molecule has 0 bridgehead atoms. The number of anilines is 3. The van der Waals surface area contributed by atoms with Gasteiger partial charge in [0, 0.05) is 53.6 Å². The van der Waals surface area contributed by atoms with Crippen molar-refractivity contribution in [2.24, 2.45) is 0 Å². The first-order valence-corrected chi connectivity index (χ1v) is 23.7. The number of para-hydroxylation sites is 3. The van der Waals surface area contributed by atoms with E-state index in [0.29, 0.717) is 0 Å². The number of fused-ring (bicyclic) bond motifs is 7. The molecule has 2 aromatic heterocycles. The molecule has 0 aliphatic rings. The molecule has 314 valence electrons. The van der Waals surface area contributed by atoms with E-state index in [9.17, 15) is 0 Å². The van der Waals surface area contributed by atoms with Gasteiger partial charge in [-0.2, -0.15) is 0 Å². The first kappa shape index (κ1) is 38.9. The minimum atomic E-state index is 1.08. The average Bonchev–Trinajstić information content (AvgIpc) is 3.96. The summed E-state index contributed by atoms with van der Waals surface area (Å²) in [6.45, 7) is 0. The molecule has 2 nitrogen and oxygen atoms in total. The number of hydrogen-bond donors (Lipinski definition) is 0. The highest BCUT2D eigenvalue weighted by Gasteiger charge is 2.22. The Hall–Kier alpha value is -8.50. The van der Waals surface area contributed by atoms with Crippen LogP contribution in [0.5, 0.6) is 0 Å². The third kappa shape index (κ3) is 6.55. The summed E-state index contributed by atoms with van der Waals surface area (Å²) < 4.78 is 5.01. The summed E-state index contributed by atoms with van der Waals surface area (Å²) >= 11 is 1.88. The van der Waals surface area contributed by atoms with Gasteiger partial charge >= 0.3 is 0 Å². The summed E-state index contributed by atoms with van der Waals surface area (Å²) in [6, 6.07) is 93.2. The molecular formula is C64H42N2S. The van der Waals surface area contributed by atoms with Crippen molar-refractivity contribution < 1.29 is 0 Å². The zero-order valence-corrected chi connectivity index (χ0v) is 37.4. The van der Waals surface area contributed by atoms with Crippen molar-refractivity contribution in [3.8, 4) is 50.2 Å². The Kier molecular flexibility index (Phi) is 9.40. The molecule has 0 unspecified atom stereocenters. The van der Waals surface area contributed by atoms with Crippen molar-refractivity contribution in [2.75, 3.05) is 4.90 Å². The van der Waals surface area contributed by atoms with Gasteiger partial charge in [-0.15, -0.1) is 11.3 Å². The fourth-order valence-electron chi connectivity index (χ4n) is 10.4. The van der Waals surface area contributed by atoms with Crippen molar-refractivity contribution in [3.63, 3.8) is 0 Å². The average molecular weight is 871 g/mol. The molecule has 13 rings (SSSR count).